The summed E-state index contributed by atoms with van der Waals surface area (Å²) in [5.41, 5.74) is 4.05. The van der Waals surface area contributed by atoms with Gasteiger partial charge in [-0.25, -0.2) is 4.39 Å². The molecule has 0 spiro atoms. The summed E-state index contributed by atoms with van der Waals surface area (Å²) in [6.45, 7) is 4.74. The molecule has 4 nitrogen and oxygen atoms in total. The van der Waals surface area contributed by atoms with Crippen LogP contribution >= 0.6 is 0 Å². The number of nitrogens with one attached hydrogen (secondary N) is 1. The van der Waals surface area contributed by atoms with Crippen LogP contribution < -0.4 is 5.32 Å². The van der Waals surface area contributed by atoms with E-state index in [4.69, 9.17) is 0 Å². The summed E-state index contributed by atoms with van der Waals surface area (Å²) in [6, 6.07) is 6.60. The Labute approximate surface area is 148 Å². The molecule has 0 saturated carbocycles. The molecule has 1 aliphatic rings. The lowest BCUT2D eigenvalue weighted by Gasteiger charge is -2.16. The quantitative estimate of drug-likeness (QED) is 0.870. The molecule has 1 aliphatic carbocycles. The minimum Gasteiger partial charge on any atom is -0.348 e. The highest BCUT2D eigenvalue weighted by Crippen LogP contribution is 2.24. The Morgan fingerprint density at radius 3 is 2.72 bits per heavy atom. The first-order valence-corrected chi connectivity index (χ1v) is 9.22. The molecule has 0 aliphatic heterocycles. The lowest BCUT2D eigenvalue weighted by Crippen LogP contribution is -2.35. The minimum atomic E-state index is -0.220. The highest BCUT2D eigenvalue weighted by atomic mass is 19.1. The van der Waals surface area contributed by atoms with Crippen LogP contribution in [0.5, 0.6) is 0 Å². The van der Waals surface area contributed by atoms with Crippen LogP contribution in [-0.4, -0.2) is 21.7 Å². The maximum atomic E-state index is 13.0. The van der Waals surface area contributed by atoms with Crippen molar-refractivity contribution in [3.63, 3.8) is 0 Å². The Kier molecular flexibility index (Phi) is 5.51. The molecule has 1 amide bonds. The van der Waals surface area contributed by atoms with Gasteiger partial charge >= 0.3 is 0 Å². The third kappa shape index (κ3) is 4.09. The number of hydrogen-bond acceptors (Lipinski definition) is 2. The molecule has 0 fully saturated rings. The molecule has 1 heterocycles. The molecule has 0 bridgehead atoms. The van der Waals surface area contributed by atoms with Gasteiger partial charge in [0.05, 0.1) is 5.69 Å². The molecule has 0 radical (unpaired) electrons. The number of nitrogens with zero attached hydrogens (tertiary/aromatic N) is 2. The fraction of sp³-hybridized carbons (Fsp3) is 0.500. The van der Waals surface area contributed by atoms with E-state index in [2.05, 4.69) is 10.4 Å². The second-order valence-corrected chi connectivity index (χ2v) is 6.84. The summed E-state index contributed by atoms with van der Waals surface area (Å²) in [6.07, 6.45) is 5.84. The lowest BCUT2D eigenvalue weighted by molar-refractivity contribution is 0.0926. The molecule has 0 saturated heterocycles. The van der Waals surface area contributed by atoms with Gasteiger partial charge in [-0.1, -0.05) is 12.1 Å². The molecule has 25 heavy (non-hydrogen) atoms. The average Bonchev–Trinajstić information content (AvgIpc) is 3.00. The van der Waals surface area contributed by atoms with E-state index >= 15 is 0 Å². The highest BCUT2D eigenvalue weighted by Gasteiger charge is 2.25. The van der Waals surface area contributed by atoms with Crippen molar-refractivity contribution in [2.45, 2.75) is 65.0 Å². The maximum Gasteiger partial charge on any atom is 0.270 e. The number of aromatic nitrogens is 2. The van der Waals surface area contributed by atoms with Crippen LogP contribution in [0.1, 0.15) is 60.4 Å². The molecular weight excluding hydrogens is 317 g/mol. The number of aryl methyl sites for hydroxylation is 3. The molecule has 1 atom stereocenters. The van der Waals surface area contributed by atoms with E-state index in [9.17, 15) is 9.18 Å². The van der Waals surface area contributed by atoms with E-state index in [-0.39, 0.29) is 17.8 Å². The number of rotatable bonds is 6. The van der Waals surface area contributed by atoms with Crippen molar-refractivity contribution < 1.29 is 9.18 Å². The van der Waals surface area contributed by atoms with Crippen LogP contribution in [-0.2, 0) is 25.8 Å². The third-order valence-electron chi connectivity index (χ3n) is 4.90. The molecule has 1 aromatic carbocycles. The number of carbonyl (C=O) groups is 1. The first-order chi connectivity index (χ1) is 12.1. The van der Waals surface area contributed by atoms with E-state index in [1.165, 1.54) is 12.1 Å². The highest BCUT2D eigenvalue weighted by molar-refractivity contribution is 5.94. The van der Waals surface area contributed by atoms with E-state index in [1.54, 1.807) is 12.1 Å². The van der Waals surface area contributed by atoms with Crippen molar-refractivity contribution in [1.82, 2.24) is 15.1 Å². The van der Waals surface area contributed by atoms with Gasteiger partial charge in [0.1, 0.15) is 11.5 Å². The van der Waals surface area contributed by atoms with Gasteiger partial charge in [-0.3, -0.25) is 9.48 Å². The van der Waals surface area contributed by atoms with Gasteiger partial charge in [0.15, 0.2) is 0 Å². The SMILES string of the molecule is CCn1nc2c(c1C(=O)N[C@@H](C)CCc1ccc(F)cc1)CCCC2. The molecule has 3 rings (SSSR count). The van der Waals surface area contributed by atoms with E-state index in [0.29, 0.717) is 6.54 Å². The standard InChI is InChI=1S/C20H26FN3O/c1-3-24-19(17-6-4-5-7-18(17)23-24)20(25)22-14(2)8-9-15-10-12-16(21)13-11-15/h10-14H,3-9H2,1-2H3,(H,22,25)/t14-/m0/s1. The zero-order chi connectivity index (χ0) is 17.8. The summed E-state index contributed by atoms with van der Waals surface area (Å²) < 4.78 is 14.8. The second kappa shape index (κ2) is 7.81. The number of hydrogen-bond donors (Lipinski definition) is 1. The van der Waals surface area contributed by atoms with Gasteiger partial charge in [0.25, 0.3) is 5.91 Å². The smallest absolute Gasteiger partial charge is 0.270 e. The van der Waals surface area contributed by atoms with Crippen molar-refractivity contribution in [2.24, 2.45) is 0 Å². The van der Waals surface area contributed by atoms with Gasteiger partial charge < -0.3 is 5.32 Å². The van der Waals surface area contributed by atoms with E-state index < -0.39 is 0 Å². The largest absolute Gasteiger partial charge is 0.348 e. The van der Waals surface area contributed by atoms with E-state index in [1.807, 2.05) is 18.5 Å². The van der Waals surface area contributed by atoms with Crippen molar-refractivity contribution in [1.29, 1.82) is 0 Å². The Morgan fingerprint density at radius 1 is 1.28 bits per heavy atom. The Morgan fingerprint density at radius 2 is 2.00 bits per heavy atom. The maximum absolute atomic E-state index is 13.0. The number of fused-ring (bicyclic) bond motifs is 1. The molecule has 0 unspecified atom stereocenters. The normalized spacial score (nSPS) is 14.8. The zero-order valence-corrected chi connectivity index (χ0v) is 15.0. The summed E-state index contributed by atoms with van der Waals surface area (Å²) in [5.74, 6) is -0.244. The summed E-state index contributed by atoms with van der Waals surface area (Å²) in [7, 11) is 0. The fourth-order valence-corrected chi connectivity index (χ4v) is 3.49. The van der Waals surface area contributed by atoms with E-state index in [0.717, 1.165) is 61.0 Å². The van der Waals surface area contributed by atoms with Crippen LogP contribution in [0.3, 0.4) is 0 Å². The predicted molar refractivity (Wildman–Crippen MR) is 96.2 cm³/mol. The van der Waals surface area contributed by atoms with Gasteiger partial charge in [0, 0.05) is 18.2 Å². The minimum absolute atomic E-state index is 0.0240. The molecule has 134 valence electrons. The molecule has 1 aromatic heterocycles. The van der Waals surface area contributed by atoms with Crippen LogP contribution in [0.15, 0.2) is 24.3 Å². The topological polar surface area (TPSA) is 46.9 Å². The fourth-order valence-electron chi connectivity index (χ4n) is 3.49. The van der Waals surface area contributed by atoms with Gasteiger partial charge in [-0.05, 0) is 70.1 Å². The number of amides is 1. The van der Waals surface area contributed by atoms with Gasteiger partial charge in [-0.15, -0.1) is 0 Å². The van der Waals surface area contributed by atoms with Gasteiger partial charge in [0.2, 0.25) is 0 Å². The van der Waals surface area contributed by atoms with Crippen molar-refractivity contribution in [3.05, 3.63) is 52.6 Å². The van der Waals surface area contributed by atoms with Crippen LogP contribution in [0.25, 0.3) is 0 Å². The van der Waals surface area contributed by atoms with Gasteiger partial charge in [-0.2, -0.15) is 5.10 Å². The van der Waals surface area contributed by atoms with Crippen LogP contribution in [0.4, 0.5) is 4.39 Å². The Bertz CT molecular complexity index is 736. The average molecular weight is 343 g/mol. The zero-order valence-electron chi connectivity index (χ0n) is 15.0. The lowest BCUT2D eigenvalue weighted by atomic mass is 9.95. The number of benzene rings is 1. The predicted octanol–water partition coefficient (Wildman–Crippen LogP) is 3.67. The van der Waals surface area contributed by atoms with Crippen LogP contribution in [0, 0.1) is 5.82 Å². The van der Waals surface area contributed by atoms with Crippen molar-refractivity contribution in [2.75, 3.05) is 0 Å². The molecule has 2 aromatic rings. The summed E-state index contributed by atoms with van der Waals surface area (Å²) in [5, 5.41) is 7.73. The van der Waals surface area contributed by atoms with Crippen molar-refractivity contribution in [3.8, 4) is 0 Å². The first kappa shape index (κ1) is 17.6. The first-order valence-electron chi connectivity index (χ1n) is 9.22. The molecule has 5 heteroatoms. The monoisotopic (exact) mass is 343 g/mol. The number of halogens is 1. The summed E-state index contributed by atoms with van der Waals surface area (Å²) in [4.78, 5) is 12.8. The molecular formula is C20H26FN3O. The molecule has 1 N–H and O–H groups in total. The summed E-state index contributed by atoms with van der Waals surface area (Å²) >= 11 is 0. The third-order valence-corrected chi connectivity index (χ3v) is 4.90. The second-order valence-electron chi connectivity index (χ2n) is 6.84. The Hall–Kier alpha value is -2.17. The Balaban J connectivity index is 1.63. The number of carbonyl (C=O) groups excluding carboxylic acids is 1. The van der Waals surface area contributed by atoms with Crippen molar-refractivity contribution >= 4 is 5.91 Å². The van der Waals surface area contributed by atoms with Crippen LogP contribution in [0.2, 0.25) is 0 Å².